The molecule has 3 nitrogen and oxygen atoms in total. The van der Waals surface area contributed by atoms with Crippen molar-refractivity contribution in [3.05, 3.63) is 0 Å². The smallest absolute Gasteiger partial charge is 0.192 e. The largest absolute Gasteiger partial charge is 0.411 e. The zero-order valence-corrected chi connectivity index (χ0v) is 28.0. The highest BCUT2D eigenvalue weighted by Gasteiger charge is 2.53. The summed E-state index contributed by atoms with van der Waals surface area (Å²) in [6, 6.07) is 0. The Morgan fingerprint density at radius 1 is 0.914 bits per heavy atom. The average Bonchev–Trinajstić information content (AvgIpc) is 3.00. The van der Waals surface area contributed by atoms with Gasteiger partial charge < -0.3 is 8.85 Å². The zero-order chi connectivity index (χ0) is 27.3. The number of carbonyl (C=O) groups is 1. The summed E-state index contributed by atoms with van der Waals surface area (Å²) in [7, 11) is -3.91. The Hall–Kier alpha value is 0.0238. The van der Waals surface area contributed by atoms with E-state index in [0.29, 0.717) is 23.5 Å². The number of fused-ring (bicyclic) bond motifs is 1. The van der Waals surface area contributed by atoms with Gasteiger partial charge in [-0.3, -0.25) is 4.79 Å². The van der Waals surface area contributed by atoms with Gasteiger partial charge in [-0.2, -0.15) is 0 Å². The first kappa shape index (κ1) is 31.2. The van der Waals surface area contributed by atoms with Crippen LogP contribution in [0.5, 0.6) is 0 Å². The van der Waals surface area contributed by atoms with Crippen molar-refractivity contribution in [2.45, 2.75) is 162 Å². The lowest BCUT2D eigenvalue weighted by atomic mass is 9.62. The maximum Gasteiger partial charge on any atom is 0.192 e. The van der Waals surface area contributed by atoms with E-state index in [-0.39, 0.29) is 27.2 Å². The molecule has 0 radical (unpaired) electrons. The Balaban J connectivity index is 2.25. The molecule has 0 aromatic rings. The minimum absolute atomic E-state index is 0.0814. The molecule has 2 rings (SSSR count). The molecule has 0 aromatic heterocycles. The first-order chi connectivity index (χ1) is 15.6. The summed E-state index contributed by atoms with van der Waals surface area (Å²) in [6.07, 6.45) is 7.69. The molecule has 0 bridgehead atoms. The van der Waals surface area contributed by atoms with Crippen LogP contribution in [-0.2, 0) is 13.6 Å². The molecule has 2 aliphatic carbocycles. The molecule has 0 saturated heterocycles. The topological polar surface area (TPSA) is 35.5 Å². The van der Waals surface area contributed by atoms with Gasteiger partial charge in [-0.25, -0.2) is 0 Å². The predicted molar refractivity (Wildman–Crippen MR) is 156 cm³/mol. The van der Waals surface area contributed by atoms with Gasteiger partial charge in [-0.15, -0.1) is 0 Å². The van der Waals surface area contributed by atoms with E-state index in [1.165, 1.54) is 12.8 Å². The molecule has 206 valence electrons. The molecule has 5 atom stereocenters. The number of rotatable bonds is 9. The van der Waals surface area contributed by atoms with E-state index >= 15 is 0 Å². The highest BCUT2D eigenvalue weighted by atomic mass is 28.4. The van der Waals surface area contributed by atoms with Crippen molar-refractivity contribution in [2.75, 3.05) is 0 Å². The van der Waals surface area contributed by atoms with E-state index in [2.05, 4.69) is 95.4 Å². The van der Waals surface area contributed by atoms with Crippen molar-refractivity contribution < 1.29 is 13.6 Å². The van der Waals surface area contributed by atoms with E-state index in [1.54, 1.807) is 0 Å². The molecule has 2 fully saturated rings. The maximum absolute atomic E-state index is 12.7. The third-order valence-electron chi connectivity index (χ3n) is 10.9. The van der Waals surface area contributed by atoms with Gasteiger partial charge in [-0.1, -0.05) is 55.4 Å². The number of Topliss-reactive ketones (excluding diaryl/α,β-unsaturated/α-hetero) is 1. The number of carbonyl (C=O) groups excluding carboxylic acids is 1. The van der Waals surface area contributed by atoms with Crippen molar-refractivity contribution in [3.8, 4) is 0 Å². The quantitative estimate of drug-likeness (QED) is 0.282. The Morgan fingerprint density at radius 2 is 1.46 bits per heavy atom. The summed E-state index contributed by atoms with van der Waals surface area (Å²) in [5.41, 5.74) is -0.126. The van der Waals surface area contributed by atoms with Gasteiger partial charge >= 0.3 is 0 Å². The van der Waals surface area contributed by atoms with Crippen LogP contribution in [0.3, 0.4) is 0 Å². The van der Waals surface area contributed by atoms with Crippen LogP contribution in [0.15, 0.2) is 0 Å². The second-order valence-corrected chi connectivity index (χ2v) is 25.4. The summed E-state index contributed by atoms with van der Waals surface area (Å²) in [4.78, 5) is 12.7. The molecular formula is C30H60O3Si2. The highest BCUT2D eigenvalue weighted by molar-refractivity contribution is 6.74. The van der Waals surface area contributed by atoms with E-state index in [9.17, 15) is 4.79 Å². The van der Waals surface area contributed by atoms with Crippen molar-refractivity contribution in [2.24, 2.45) is 23.2 Å². The average molecular weight is 525 g/mol. The lowest BCUT2D eigenvalue weighted by molar-refractivity contribution is -0.130. The van der Waals surface area contributed by atoms with Crippen molar-refractivity contribution in [1.82, 2.24) is 0 Å². The van der Waals surface area contributed by atoms with E-state index in [1.807, 2.05) is 0 Å². The lowest BCUT2D eigenvalue weighted by Gasteiger charge is -2.49. The molecule has 0 unspecified atom stereocenters. The minimum Gasteiger partial charge on any atom is -0.411 e. The van der Waals surface area contributed by atoms with Gasteiger partial charge in [-0.05, 0) is 106 Å². The summed E-state index contributed by atoms with van der Waals surface area (Å²) in [6.45, 7) is 32.9. The van der Waals surface area contributed by atoms with Crippen LogP contribution < -0.4 is 0 Å². The predicted octanol–water partition coefficient (Wildman–Crippen LogP) is 9.38. The second-order valence-electron chi connectivity index (χ2n) is 15.9. The van der Waals surface area contributed by atoms with Crippen LogP contribution in [0.25, 0.3) is 0 Å². The Kier molecular flexibility index (Phi) is 9.19. The number of ketones is 1. The Morgan fingerprint density at radius 3 is 1.97 bits per heavy atom. The van der Waals surface area contributed by atoms with Gasteiger partial charge in [0.05, 0.1) is 11.7 Å². The fourth-order valence-corrected chi connectivity index (χ4v) is 9.70. The fraction of sp³-hybridized carbons (Fsp3) is 0.967. The molecule has 2 saturated carbocycles. The van der Waals surface area contributed by atoms with Crippen LogP contribution >= 0.6 is 0 Å². The standard InChI is InChI=1S/C30H60O3Si2/c1-22(23-18-19-24-25(31)16-15-21-30(23,24)10)17-20-26(32-34(11,12)27(2,3)4)29(8,9)33-35(13,14)28(5,6)7/h22-24,26H,15-21H2,1-14H3/t22-,23-,24+,26-,30-/m1/s1. The van der Waals surface area contributed by atoms with Gasteiger partial charge in [0.25, 0.3) is 0 Å². The molecule has 0 heterocycles. The fourth-order valence-electron chi connectivity index (χ4n) is 6.48. The minimum atomic E-state index is -1.96. The lowest BCUT2D eigenvalue weighted by Crippen LogP contribution is -2.56. The molecule has 0 aliphatic heterocycles. The zero-order valence-electron chi connectivity index (χ0n) is 26.0. The SMILES string of the molecule is C[C@H](CC[C@@H](O[Si](C)(C)C(C)(C)C)C(C)(C)O[Si](C)(C)C(C)(C)C)[C@H]1CC[C@H]2C(=O)CCC[C@]12C. The van der Waals surface area contributed by atoms with Gasteiger partial charge in [0, 0.05) is 12.3 Å². The van der Waals surface area contributed by atoms with Crippen molar-refractivity contribution >= 4 is 22.4 Å². The van der Waals surface area contributed by atoms with Gasteiger partial charge in [0.15, 0.2) is 16.6 Å². The van der Waals surface area contributed by atoms with E-state index in [4.69, 9.17) is 8.85 Å². The van der Waals surface area contributed by atoms with Crippen molar-refractivity contribution in [3.63, 3.8) is 0 Å². The van der Waals surface area contributed by atoms with Crippen molar-refractivity contribution in [1.29, 1.82) is 0 Å². The summed E-state index contributed by atoms with van der Waals surface area (Å²) >= 11 is 0. The van der Waals surface area contributed by atoms with Crippen LogP contribution in [0, 0.1) is 23.2 Å². The third kappa shape index (κ3) is 6.73. The summed E-state index contributed by atoms with van der Waals surface area (Å²) in [5, 5.41) is 0.332. The molecule has 5 heteroatoms. The van der Waals surface area contributed by atoms with Crippen LogP contribution in [0.2, 0.25) is 36.3 Å². The third-order valence-corrected chi connectivity index (χ3v) is 20.0. The number of hydrogen-bond acceptors (Lipinski definition) is 3. The molecule has 2 aliphatic rings. The normalized spacial score (nSPS) is 28.7. The molecular weight excluding hydrogens is 464 g/mol. The Bertz CT molecular complexity index is 744. The molecule has 0 N–H and O–H groups in total. The van der Waals surface area contributed by atoms with Crippen LogP contribution in [0.1, 0.15) is 114 Å². The second kappa shape index (κ2) is 10.3. The first-order valence-electron chi connectivity index (χ1n) is 14.5. The summed E-state index contributed by atoms with van der Waals surface area (Å²) < 4.78 is 14.2. The van der Waals surface area contributed by atoms with Gasteiger partial charge in [0.2, 0.25) is 0 Å². The van der Waals surface area contributed by atoms with Crippen LogP contribution in [-0.4, -0.2) is 34.1 Å². The Labute approximate surface area is 221 Å². The molecule has 35 heavy (non-hydrogen) atoms. The first-order valence-corrected chi connectivity index (χ1v) is 20.3. The monoisotopic (exact) mass is 524 g/mol. The maximum atomic E-state index is 12.7. The highest BCUT2D eigenvalue weighted by Crippen LogP contribution is 2.57. The molecule has 0 spiro atoms. The van der Waals surface area contributed by atoms with Crippen LogP contribution in [0.4, 0.5) is 0 Å². The molecule has 0 amide bonds. The summed E-state index contributed by atoms with van der Waals surface area (Å²) in [5.74, 6) is 2.10. The van der Waals surface area contributed by atoms with Gasteiger partial charge in [0.1, 0.15) is 5.78 Å². The van der Waals surface area contributed by atoms with E-state index < -0.39 is 16.6 Å². The number of hydrogen-bond donors (Lipinski definition) is 0. The van der Waals surface area contributed by atoms with E-state index in [0.717, 1.165) is 32.1 Å². The molecule has 0 aromatic carbocycles.